The van der Waals surface area contributed by atoms with Crippen LogP contribution in [-0.2, 0) is 49.6 Å². The number of benzene rings is 2. The molecule has 8 amide bonds. The number of allylic oxidation sites excluding steroid dienone is 1. The first kappa shape index (κ1) is 72.3. The van der Waals surface area contributed by atoms with E-state index in [-0.39, 0.29) is 97.4 Å². The number of aliphatic hydroxyl groups excluding tert-OH is 1. The third-order valence-electron chi connectivity index (χ3n) is 17.7. The van der Waals surface area contributed by atoms with Gasteiger partial charge < -0.3 is 60.4 Å². The zero-order chi connectivity index (χ0) is 65.1. The van der Waals surface area contributed by atoms with Crippen molar-refractivity contribution in [1.82, 2.24) is 35.6 Å². The van der Waals surface area contributed by atoms with Crippen molar-refractivity contribution >= 4 is 65.2 Å². The Balaban J connectivity index is 1.27. The Morgan fingerprint density at radius 2 is 1.58 bits per heavy atom. The van der Waals surface area contributed by atoms with Crippen molar-refractivity contribution in [3.05, 3.63) is 77.4 Å². The number of rotatable bonds is 30. The molecule has 2 aliphatic heterocycles. The van der Waals surface area contributed by atoms with E-state index in [4.69, 9.17) is 24.7 Å². The summed E-state index contributed by atoms with van der Waals surface area (Å²) in [5, 5.41) is 18.9. The predicted octanol–water partition coefficient (Wildman–Crippen LogP) is 6.80. The summed E-state index contributed by atoms with van der Waals surface area (Å²) in [6, 6.07) is 9.84. The van der Waals surface area contributed by atoms with Crippen LogP contribution < -0.4 is 26.4 Å². The molecule has 2 unspecified atom stereocenters. The fourth-order valence-corrected chi connectivity index (χ4v) is 13.0. The number of hydrogen-bond acceptors (Lipinski definition) is 16. The normalized spacial score (nSPS) is 21.4. The van der Waals surface area contributed by atoms with Crippen molar-refractivity contribution in [2.24, 2.45) is 35.3 Å². The Hall–Kier alpha value is -6.40. The fourth-order valence-electron chi connectivity index (χ4n) is 12.3. The second kappa shape index (κ2) is 34.5. The van der Waals surface area contributed by atoms with Crippen LogP contribution in [0.4, 0.5) is 9.59 Å². The molecule has 3 aliphatic rings. The number of carbonyl (C=O) groups excluding carboxylic acids is 9. The quantitative estimate of drug-likeness (QED) is 0.0397. The average molecular weight is 1250 g/mol. The van der Waals surface area contributed by atoms with E-state index in [9.17, 15) is 48.3 Å². The number of aliphatic hydroxyl groups is 1. The summed E-state index contributed by atoms with van der Waals surface area (Å²) in [5.41, 5.74) is 7.25. The smallest absolute Gasteiger partial charge is 0.412 e. The van der Waals surface area contributed by atoms with E-state index in [1.807, 2.05) is 58.0 Å². The van der Waals surface area contributed by atoms with Gasteiger partial charge >= 0.3 is 12.2 Å². The van der Waals surface area contributed by atoms with Gasteiger partial charge in [0.1, 0.15) is 12.4 Å². The molecule has 2 aromatic carbocycles. The van der Waals surface area contributed by atoms with Crippen LogP contribution in [0.15, 0.2) is 60.7 Å². The van der Waals surface area contributed by atoms with E-state index < -0.39 is 95.7 Å². The van der Waals surface area contributed by atoms with Gasteiger partial charge in [0.15, 0.2) is 5.78 Å². The molecule has 22 nitrogen and oxygen atoms in total. The summed E-state index contributed by atoms with van der Waals surface area (Å²) in [4.78, 5) is 130. The third kappa shape index (κ3) is 19.1. The van der Waals surface area contributed by atoms with Crippen LogP contribution in [-0.4, -0.2) is 186 Å². The second-order valence-corrected chi connectivity index (χ2v) is 25.5. The molecule has 0 aromatic heterocycles. The standard InChI is InChI=1S/C65H98N8O14S/c1-14-40(6)57(52(84-11)35-54(75)72-31-22-27-49(72)59(85-12)41(7)60(78)68-42(8)58(77)44-23-18-17-19-24-44)70(9)62(80)45(38(2)3)34-50(74)56(39(4)5)71(10)65(83)86-37-43-28-29-51(87-64(82)69-48-26-21-16-15-20-25-47(48)66)46(33-43)61(79)67-30-32-73-55(76)36-53(88-13)63(73)81/h17-20,23-25,28-29,33,38-42,45,47-49,52-53,56-59,77H,14-16,21-22,26-27,30-32,34-37,66H2,1-13H3,(H,67,79)(H,68,78)(H,69,82)/b25-20+/t40-,41+,42+,45-,47-,48?,49-,52+,53?,56-,57-,58+,59+/m0/s1. The number of likely N-dealkylation sites (N-methyl/N-ethyl adjacent to an activating group) is 2. The first-order valence-electron chi connectivity index (χ1n) is 31.1. The van der Waals surface area contributed by atoms with Gasteiger partial charge in [-0.1, -0.05) is 110 Å². The number of thioether (sulfide) groups is 1. The highest BCUT2D eigenvalue weighted by Gasteiger charge is 2.44. The van der Waals surface area contributed by atoms with E-state index in [2.05, 4.69) is 16.0 Å². The molecule has 88 heavy (non-hydrogen) atoms. The van der Waals surface area contributed by atoms with Crippen LogP contribution in [0.1, 0.15) is 147 Å². The van der Waals surface area contributed by atoms with Gasteiger partial charge in [0.05, 0.1) is 71.7 Å². The fraction of sp³-hybridized carbons (Fsp3) is 0.646. The Labute approximate surface area is 524 Å². The van der Waals surface area contributed by atoms with Gasteiger partial charge in [-0.2, -0.15) is 11.8 Å². The van der Waals surface area contributed by atoms with E-state index in [0.717, 1.165) is 24.2 Å². The van der Waals surface area contributed by atoms with E-state index in [1.54, 1.807) is 62.9 Å². The minimum atomic E-state index is -1.03. The van der Waals surface area contributed by atoms with Crippen molar-refractivity contribution in [3.63, 3.8) is 0 Å². The van der Waals surface area contributed by atoms with Gasteiger partial charge in [0, 0.05) is 72.8 Å². The number of nitrogens with one attached hydrogen (secondary N) is 3. The maximum Gasteiger partial charge on any atom is 0.412 e. The van der Waals surface area contributed by atoms with Crippen LogP contribution in [0.3, 0.4) is 0 Å². The topological polar surface area (TPSA) is 286 Å². The molecule has 23 heteroatoms. The molecule has 5 rings (SSSR count). The number of ether oxygens (including phenoxy) is 4. The number of carbonyl (C=O) groups is 9. The number of nitrogens with zero attached hydrogens (tertiary/aromatic N) is 4. The lowest BCUT2D eigenvalue weighted by Crippen LogP contribution is -2.55. The highest BCUT2D eigenvalue weighted by molar-refractivity contribution is 8.00. The Bertz CT molecular complexity index is 2730. The van der Waals surface area contributed by atoms with E-state index in [0.29, 0.717) is 43.4 Å². The number of ketones is 1. The molecule has 6 N–H and O–H groups in total. The predicted molar refractivity (Wildman–Crippen MR) is 336 cm³/mol. The molecule has 0 bridgehead atoms. The summed E-state index contributed by atoms with van der Waals surface area (Å²) in [5.74, 6) is -5.16. The second-order valence-electron chi connectivity index (χ2n) is 24.4. The molecular weight excluding hydrogens is 1150 g/mol. The molecule has 2 saturated heterocycles. The Kier molecular flexibility index (Phi) is 28.4. The zero-order valence-corrected chi connectivity index (χ0v) is 54.7. The lowest BCUT2D eigenvalue weighted by atomic mass is 9.83. The number of hydrogen-bond donors (Lipinski definition) is 5. The summed E-state index contributed by atoms with van der Waals surface area (Å²) >= 11 is 1.28. The molecule has 13 atom stereocenters. The lowest BCUT2D eigenvalue weighted by molar-refractivity contribution is -0.149. The third-order valence-corrected chi connectivity index (χ3v) is 18.6. The monoisotopic (exact) mass is 1250 g/mol. The molecule has 2 heterocycles. The largest absolute Gasteiger partial charge is 0.445 e. The number of amides is 8. The van der Waals surface area contributed by atoms with Crippen LogP contribution in [0.2, 0.25) is 0 Å². The Morgan fingerprint density at radius 1 is 0.875 bits per heavy atom. The summed E-state index contributed by atoms with van der Waals surface area (Å²) in [6.45, 7) is 14.6. The minimum Gasteiger partial charge on any atom is -0.445 e. The maximum absolute atomic E-state index is 14.9. The maximum atomic E-state index is 14.9. The average Bonchev–Trinajstić information content (AvgIpc) is 3.99. The van der Waals surface area contributed by atoms with Gasteiger partial charge in [-0.3, -0.25) is 38.5 Å². The number of imide groups is 1. The Morgan fingerprint density at radius 3 is 2.20 bits per heavy atom. The van der Waals surface area contributed by atoms with Gasteiger partial charge in [-0.05, 0) is 86.3 Å². The van der Waals surface area contributed by atoms with Crippen LogP contribution >= 0.6 is 11.8 Å². The number of likely N-dealkylation sites (tertiary alicyclic amines) is 2. The molecule has 2 aromatic rings. The molecule has 0 radical (unpaired) electrons. The number of Topliss-reactive ketones (excluding diaryl/α,β-unsaturated/α-hetero) is 1. The first-order valence-corrected chi connectivity index (χ1v) is 32.3. The summed E-state index contributed by atoms with van der Waals surface area (Å²) < 4.78 is 23.6. The van der Waals surface area contributed by atoms with Gasteiger partial charge in [0.2, 0.25) is 29.5 Å². The van der Waals surface area contributed by atoms with Crippen LogP contribution in [0.25, 0.3) is 0 Å². The summed E-state index contributed by atoms with van der Waals surface area (Å²) in [6.07, 6.45) is 6.45. The van der Waals surface area contributed by atoms with Gasteiger partial charge in [0.25, 0.3) is 5.91 Å². The lowest BCUT2D eigenvalue weighted by Gasteiger charge is -2.41. The molecule has 0 spiro atoms. The van der Waals surface area contributed by atoms with Crippen molar-refractivity contribution in [1.29, 1.82) is 0 Å². The highest BCUT2D eigenvalue weighted by Crippen LogP contribution is 2.32. The van der Waals surface area contributed by atoms with Gasteiger partial charge in [-0.15, -0.1) is 0 Å². The van der Waals surface area contributed by atoms with Gasteiger partial charge in [-0.25, -0.2) is 9.59 Å². The SMILES string of the molecule is CC[C@H](C)[C@@H]([C@@H](CC(=O)N1CCC[C@H]1[C@H](OC)[C@@H](C)C(=O)N[C@H](C)[C@@H](O)c1ccccc1)OC)N(C)C(=O)[C@@H](CC(=O)[C@H](C(C)C)N(C)C(=O)OCc1ccc(OC(=O)NC2CCCC/C=C/[C@@H]2N)c(C(=O)NCCN2C(=O)CC(SC)C2=O)c1)C(C)C. The van der Waals surface area contributed by atoms with Crippen molar-refractivity contribution in [3.8, 4) is 5.75 Å². The first-order chi connectivity index (χ1) is 41.8. The highest BCUT2D eigenvalue weighted by atomic mass is 32.2. The molecule has 1 aliphatic carbocycles. The molecule has 2 fully saturated rings. The van der Waals surface area contributed by atoms with Crippen molar-refractivity contribution < 1.29 is 67.2 Å². The van der Waals surface area contributed by atoms with E-state index in [1.165, 1.54) is 56.1 Å². The molecular formula is C65H98N8O14S. The number of methoxy groups -OCH3 is 2. The molecule has 0 saturated carbocycles. The zero-order valence-electron chi connectivity index (χ0n) is 53.9. The van der Waals surface area contributed by atoms with Crippen molar-refractivity contribution in [2.45, 2.75) is 186 Å². The minimum absolute atomic E-state index is 0.0642. The van der Waals surface area contributed by atoms with Crippen molar-refractivity contribution in [2.75, 3.05) is 54.2 Å². The number of nitrogens with two attached hydrogens (primary N) is 1. The summed E-state index contributed by atoms with van der Waals surface area (Å²) in [7, 11) is 6.15. The van der Waals surface area contributed by atoms with Crippen LogP contribution in [0.5, 0.6) is 5.75 Å². The van der Waals surface area contributed by atoms with E-state index >= 15 is 0 Å². The van der Waals surface area contributed by atoms with Crippen LogP contribution in [0, 0.1) is 29.6 Å². The molecule has 488 valence electrons.